The van der Waals surface area contributed by atoms with Crippen LogP contribution in [0.25, 0.3) is 22.6 Å². The van der Waals surface area contributed by atoms with Gasteiger partial charge in [-0.3, -0.25) is 9.78 Å². The van der Waals surface area contributed by atoms with Crippen LogP contribution in [0.4, 0.5) is 4.39 Å². The second-order valence-corrected chi connectivity index (χ2v) is 10.9. The summed E-state index contributed by atoms with van der Waals surface area (Å²) in [5.74, 6) is 1.16. The number of carbonyl (C=O) groups is 1. The molecule has 0 atom stereocenters. The van der Waals surface area contributed by atoms with Gasteiger partial charge in [0, 0.05) is 17.8 Å². The molecule has 0 bridgehead atoms. The number of amides is 1. The topological polar surface area (TPSA) is 104 Å². The van der Waals surface area contributed by atoms with Crippen molar-refractivity contribution in [1.82, 2.24) is 29.8 Å². The van der Waals surface area contributed by atoms with Crippen LogP contribution in [-0.4, -0.2) is 54.8 Å². The SMILES string of the molecule is Cc1ccnc(Cn2c(-c3ccc(OCC(=O)NC4CC(F)C4)cc3Cl)nc3c(OC4(C)CC4)ncnc32)c1. The van der Waals surface area contributed by atoms with E-state index in [0.717, 1.165) is 24.1 Å². The summed E-state index contributed by atoms with van der Waals surface area (Å²) in [5.41, 5.74) is 3.52. The Morgan fingerprint density at radius 3 is 2.74 bits per heavy atom. The normalized spacial score (nSPS) is 19.4. The third-order valence-corrected chi connectivity index (χ3v) is 7.40. The minimum atomic E-state index is -0.834. The van der Waals surface area contributed by atoms with Crippen molar-refractivity contribution in [3.8, 4) is 23.0 Å². The lowest BCUT2D eigenvalue weighted by atomic mass is 9.91. The van der Waals surface area contributed by atoms with Crippen LogP contribution in [0, 0.1) is 6.92 Å². The van der Waals surface area contributed by atoms with E-state index < -0.39 is 6.17 Å². The average molecular weight is 551 g/mol. The maximum absolute atomic E-state index is 13.0. The molecular formula is C28H28ClFN6O3. The van der Waals surface area contributed by atoms with Gasteiger partial charge in [-0.1, -0.05) is 11.6 Å². The lowest BCUT2D eigenvalue weighted by Gasteiger charge is -2.30. The Bertz CT molecular complexity index is 1550. The number of ether oxygens (including phenoxy) is 2. The fraction of sp³-hybridized carbons (Fsp3) is 0.393. The van der Waals surface area contributed by atoms with E-state index in [2.05, 4.69) is 27.2 Å². The van der Waals surface area contributed by atoms with E-state index in [-0.39, 0.29) is 24.2 Å². The van der Waals surface area contributed by atoms with Crippen molar-refractivity contribution in [1.29, 1.82) is 0 Å². The van der Waals surface area contributed by atoms with Gasteiger partial charge in [-0.15, -0.1) is 0 Å². The van der Waals surface area contributed by atoms with Crippen LogP contribution >= 0.6 is 11.6 Å². The molecule has 6 rings (SSSR count). The lowest BCUT2D eigenvalue weighted by molar-refractivity contribution is -0.124. The first-order chi connectivity index (χ1) is 18.8. The van der Waals surface area contributed by atoms with Crippen molar-refractivity contribution in [2.24, 2.45) is 0 Å². The fourth-order valence-electron chi connectivity index (χ4n) is 4.56. The van der Waals surface area contributed by atoms with Crippen LogP contribution in [0.3, 0.4) is 0 Å². The molecule has 2 saturated carbocycles. The van der Waals surface area contributed by atoms with E-state index >= 15 is 0 Å². The van der Waals surface area contributed by atoms with Crippen LogP contribution in [0.1, 0.15) is 43.9 Å². The van der Waals surface area contributed by atoms with Gasteiger partial charge in [0.1, 0.15) is 29.7 Å². The number of aryl methyl sites for hydroxylation is 1. The van der Waals surface area contributed by atoms with Crippen molar-refractivity contribution in [2.45, 2.75) is 63.9 Å². The third-order valence-electron chi connectivity index (χ3n) is 7.08. The second-order valence-electron chi connectivity index (χ2n) is 10.5. The molecule has 1 amide bonds. The van der Waals surface area contributed by atoms with Crippen molar-refractivity contribution >= 4 is 28.7 Å². The van der Waals surface area contributed by atoms with Crippen molar-refractivity contribution in [3.05, 3.63) is 59.1 Å². The molecule has 2 aliphatic carbocycles. The fourth-order valence-corrected chi connectivity index (χ4v) is 4.81. The highest BCUT2D eigenvalue weighted by Crippen LogP contribution is 2.41. The molecule has 9 nitrogen and oxygen atoms in total. The molecule has 0 aliphatic heterocycles. The van der Waals surface area contributed by atoms with Crippen LogP contribution < -0.4 is 14.8 Å². The van der Waals surface area contributed by atoms with E-state index in [1.165, 1.54) is 6.33 Å². The molecule has 1 N–H and O–H groups in total. The summed E-state index contributed by atoms with van der Waals surface area (Å²) >= 11 is 6.74. The monoisotopic (exact) mass is 550 g/mol. The van der Waals surface area contributed by atoms with Crippen LogP contribution in [0.5, 0.6) is 11.6 Å². The number of fused-ring (bicyclic) bond motifs is 1. The number of carbonyl (C=O) groups excluding carboxylic acids is 1. The van der Waals surface area contributed by atoms with Gasteiger partial charge in [-0.05, 0) is 75.4 Å². The van der Waals surface area contributed by atoms with Gasteiger partial charge < -0.3 is 19.4 Å². The van der Waals surface area contributed by atoms with Crippen molar-refractivity contribution in [3.63, 3.8) is 0 Å². The molecule has 39 heavy (non-hydrogen) atoms. The summed E-state index contributed by atoms with van der Waals surface area (Å²) in [4.78, 5) is 30.5. The summed E-state index contributed by atoms with van der Waals surface area (Å²) in [5, 5.41) is 3.16. The van der Waals surface area contributed by atoms with E-state index in [1.807, 2.05) is 23.6 Å². The Labute approximate surface area is 229 Å². The van der Waals surface area contributed by atoms with Gasteiger partial charge in [0.15, 0.2) is 17.8 Å². The summed E-state index contributed by atoms with van der Waals surface area (Å²) < 4.78 is 26.8. The first-order valence-electron chi connectivity index (χ1n) is 12.9. The average Bonchev–Trinajstić information content (AvgIpc) is 3.50. The van der Waals surface area contributed by atoms with Gasteiger partial charge >= 0.3 is 0 Å². The molecule has 4 aromatic rings. The number of halogens is 2. The number of nitrogens with one attached hydrogen (secondary N) is 1. The Hall–Kier alpha value is -3.79. The molecule has 1 aromatic carbocycles. The molecule has 0 radical (unpaired) electrons. The smallest absolute Gasteiger partial charge is 0.258 e. The van der Waals surface area contributed by atoms with Crippen LogP contribution in [0.2, 0.25) is 5.02 Å². The summed E-state index contributed by atoms with van der Waals surface area (Å²) in [7, 11) is 0. The highest BCUT2D eigenvalue weighted by Gasteiger charge is 2.41. The number of pyridine rings is 1. The van der Waals surface area contributed by atoms with Gasteiger partial charge in [0.25, 0.3) is 5.91 Å². The maximum Gasteiger partial charge on any atom is 0.258 e. The Morgan fingerprint density at radius 1 is 1.21 bits per heavy atom. The van der Waals surface area contributed by atoms with Crippen LogP contribution in [-0.2, 0) is 11.3 Å². The summed E-state index contributed by atoms with van der Waals surface area (Å²) in [6, 6.07) is 9.01. The standard InChI is InChI=1S/C28H28ClFN6O3/c1-16-5-8-31-19(9-16)13-36-25(35-24-26(36)32-15-33-27(24)39-28(2)6-7-28)21-4-3-20(12-22(21)29)38-14-23(37)34-18-10-17(30)11-18/h3-5,8-9,12,15,17-18H,6-7,10-11,13-14H2,1-2H3,(H,34,37). The largest absolute Gasteiger partial charge is 0.484 e. The minimum Gasteiger partial charge on any atom is -0.484 e. The van der Waals surface area contributed by atoms with E-state index in [4.69, 9.17) is 26.1 Å². The molecule has 3 aromatic heterocycles. The molecule has 0 spiro atoms. The number of aromatic nitrogens is 5. The molecular weight excluding hydrogens is 523 g/mol. The van der Waals surface area contributed by atoms with Gasteiger partial charge in [-0.25, -0.2) is 14.4 Å². The highest BCUT2D eigenvalue weighted by molar-refractivity contribution is 6.33. The van der Waals surface area contributed by atoms with Crippen molar-refractivity contribution < 1.29 is 18.7 Å². The summed E-state index contributed by atoms with van der Waals surface area (Å²) in [6.07, 6.45) is 5.04. The molecule has 202 valence electrons. The number of hydrogen-bond donors (Lipinski definition) is 1. The molecule has 11 heteroatoms. The molecule has 0 saturated heterocycles. The number of alkyl halides is 1. The molecule has 0 unspecified atom stereocenters. The number of benzene rings is 1. The molecule has 2 aliphatic rings. The molecule has 2 fully saturated rings. The molecule has 3 heterocycles. The summed E-state index contributed by atoms with van der Waals surface area (Å²) in [6.45, 7) is 4.30. The zero-order chi connectivity index (χ0) is 27.1. The third kappa shape index (κ3) is 5.52. The number of imidazole rings is 1. The van der Waals surface area contributed by atoms with Gasteiger partial charge in [-0.2, -0.15) is 4.98 Å². The first-order valence-corrected chi connectivity index (χ1v) is 13.3. The van der Waals surface area contributed by atoms with Gasteiger partial charge in [0.2, 0.25) is 5.88 Å². The predicted octanol–water partition coefficient (Wildman–Crippen LogP) is 4.83. The van der Waals surface area contributed by atoms with Gasteiger partial charge in [0.05, 0.1) is 17.3 Å². The number of hydrogen-bond acceptors (Lipinski definition) is 7. The lowest BCUT2D eigenvalue weighted by Crippen LogP contribution is -2.46. The zero-order valence-corrected chi connectivity index (χ0v) is 22.4. The van der Waals surface area contributed by atoms with Crippen LogP contribution in [0.15, 0.2) is 42.9 Å². The zero-order valence-electron chi connectivity index (χ0n) is 21.7. The Balaban J connectivity index is 1.31. The van der Waals surface area contributed by atoms with E-state index in [1.54, 1.807) is 24.4 Å². The quantitative estimate of drug-likeness (QED) is 0.318. The second kappa shape index (κ2) is 10.1. The van der Waals surface area contributed by atoms with E-state index in [0.29, 0.717) is 58.6 Å². The Kier molecular flexibility index (Phi) is 6.58. The first kappa shape index (κ1) is 25.5. The Morgan fingerprint density at radius 2 is 2.03 bits per heavy atom. The van der Waals surface area contributed by atoms with E-state index in [9.17, 15) is 9.18 Å². The predicted molar refractivity (Wildman–Crippen MR) is 144 cm³/mol. The van der Waals surface area contributed by atoms with Crippen molar-refractivity contribution in [2.75, 3.05) is 6.61 Å². The highest BCUT2D eigenvalue weighted by atomic mass is 35.5. The maximum atomic E-state index is 13.0. The number of nitrogens with zero attached hydrogens (tertiary/aromatic N) is 5. The number of rotatable bonds is 9. The minimum absolute atomic E-state index is 0.127.